The van der Waals surface area contributed by atoms with E-state index in [1.54, 1.807) is 23.9 Å². The van der Waals surface area contributed by atoms with Crippen molar-refractivity contribution in [3.8, 4) is 0 Å². The third-order valence-corrected chi connectivity index (χ3v) is 3.32. The fourth-order valence-electron chi connectivity index (χ4n) is 2.38. The molecule has 1 heterocycles. The first kappa shape index (κ1) is 12.0. The first-order valence-corrected chi connectivity index (χ1v) is 5.94. The lowest BCUT2D eigenvalue weighted by Gasteiger charge is -2.11. The number of aliphatic hydroxyl groups is 1. The zero-order chi connectivity index (χ0) is 12.4. The third kappa shape index (κ3) is 2.79. The Hall–Kier alpha value is -1.49. The van der Waals surface area contributed by atoms with Crippen LogP contribution in [0.1, 0.15) is 29.8 Å². The van der Waals surface area contributed by atoms with E-state index in [2.05, 4.69) is 5.32 Å². The minimum atomic E-state index is -0.192. The van der Waals surface area contributed by atoms with Crippen LogP contribution < -0.4 is 11.1 Å². The lowest BCUT2D eigenvalue weighted by molar-refractivity contribution is 0.0937. The Morgan fingerprint density at radius 2 is 2.41 bits per heavy atom. The normalized spacial score (nSPS) is 23.9. The molecule has 2 rings (SSSR count). The highest BCUT2D eigenvalue weighted by molar-refractivity contribution is 5.93. The number of aryl methyl sites for hydroxylation is 1. The molecule has 1 saturated carbocycles. The molecule has 17 heavy (non-hydrogen) atoms. The highest BCUT2D eigenvalue weighted by Crippen LogP contribution is 2.24. The fraction of sp³-hybridized carbons (Fsp3) is 0.583. The number of carbonyl (C=O) groups excluding carboxylic acids is 1. The van der Waals surface area contributed by atoms with E-state index in [4.69, 9.17) is 5.73 Å². The van der Waals surface area contributed by atoms with E-state index < -0.39 is 0 Å². The molecular formula is C12H19N3O2. The number of amides is 1. The highest BCUT2D eigenvalue weighted by Gasteiger charge is 2.23. The monoisotopic (exact) mass is 237 g/mol. The zero-order valence-corrected chi connectivity index (χ0v) is 10.0. The second kappa shape index (κ2) is 4.79. The summed E-state index contributed by atoms with van der Waals surface area (Å²) in [5, 5.41) is 12.3. The standard InChI is InChI=1S/C12H19N3O2/c1-15-7-9(13)5-11(15)12(17)14-6-8-2-3-10(16)4-8/h5,7-8,10,16H,2-4,6,13H2,1H3,(H,14,17). The maximum atomic E-state index is 11.9. The van der Waals surface area contributed by atoms with Gasteiger partial charge in [0.05, 0.1) is 11.8 Å². The van der Waals surface area contributed by atoms with E-state index in [1.807, 2.05) is 0 Å². The van der Waals surface area contributed by atoms with Crippen molar-refractivity contribution in [1.29, 1.82) is 0 Å². The molecule has 4 N–H and O–H groups in total. The lowest BCUT2D eigenvalue weighted by Crippen LogP contribution is -2.29. The topological polar surface area (TPSA) is 80.3 Å². The van der Waals surface area contributed by atoms with Gasteiger partial charge in [-0.1, -0.05) is 0 Å². The molecule has 0 aliphatic heterocycles. The van der Waals surface area contributed by atoms with Crippen LogP contribution in [0, 0.1) is 5.92 Å². The highest BCUT2D eigenvalue weighted by atomic mass is 16.3. The van der Waals surface area contributed by atoms with E-state index in [1.165, 1.54) is 0 Å². The minimum absolute atomic E-state index is 0.106. The number of aromatic nitrogens is 1. The lowest BCUT2D eigenvalue weighted by atomic mass is 10.1. The summed E-state index contributed by atoms with van der Waals surface area (Å²) in [5.41, 5.74) is 6.78. The van der Waals surface area contributed by atoms with Crippen molar-refractivity contribution in [2.45, 2.75) is 25.4 Å². The summed E-state index contributed by atoms with van der Waals surface area (Å²) in [6.45, 7) is 0.626. The van der Waals surface area contributed by atoms with Gasteiger partial charge >= 0.3 is 0 Å². The van der Waals surface area contributed by atoms with Gasteiger partial charge in [-0.25, -0.2) is 0 Å². The first-order valence-electron chi connectivity index (χ1n) is 5.94. The maximum absolute atomic E-state index is 11.9. The number of aliphatic hydroxyl groups excluding tert-OH is 1. The van der Waals surface area contributed by atoms with Gasteiger partial charge in [-0.3, -0.25) is 4.79 Å². The number of nitrogens with two attached hydrogens (primary N) is 1. The molecular weight excluding hydrogens is 218 g/mol. The number of nitrogen functional groups attached to an aromatic ring is 1. The quantitative estimate of drug-likeness (QED) is 0.716. The molecule has 1 aliphatic rings. The van der Waals surface area contributed by atoms with E-state index in [-0.39, 0.29) is 12.0 Å². The fourth-order valence-corrected chi connectivity index (χ4v) is 2.38. The molecule has 1 amide bonds. The Balaban J connectivity index is 1.87. The summed E-state index contributed by atoms with van der Waals surface area (Å²) in [6, 6.07) is 1.67. The van der Waals surface area contributed by atoms with Gasteiger partial charge in [0, 0.05) is 19.8 Å². The van der Waals surface area contributed by atoms with Gasteiger partial charge in [0.1, 0.15) is 5.69 Å². The number of hydrogen-bond acceptors (Lipinski definition) is 3. The molecule has 1 aromatic rings. The molecule has 2 unspecified atom stereocenters. The molecule has 0 radical (unpaired) electrons. The smallest absolute Gasteiger partial charge is 0.267 e. The van der Waals surface area contributed by atoms with Crippen LogP contribution in [-0.2, 0) is 7.05 Å². The van der Waals surface area contributed by atoms with Crippen LogP contribution in [0.15, 0.2) is 12.3 Å². The third-order valence-electron chi connectivity index (χ3n) is 3.32. The van der Waals surface area contributed by atoms with Crippen molar-refractivity contribution in [3.05, 3.63) is 18.0 Å². The number of carbonyl (C=O) groups is 1. The summed E-state index contributed by atoms with van der Waals surface area (Å²) in [7, 11) is 1.80. The van der Waals surface area contributed by atoms with E-state index in [9.17, 15) is 9.90 Å². The van der Waals surface area contributed by atoms with Crippen LogP contribution in [0.25, 0.3) is 0 Å². The van der Waals surface area contributed by atoms with Crippen LogP contribution >= 0.6 is 0 Å². The molecule has 1 fully saturated rings. The molecule has 5 nitrogen and oxygen atoms in total. The van der Waals surface area contributed by atoms with E-state index >= 15 is 0 Å². The van der Waals surface area contributed by atoms with Crippen molar-refractivity contribution in [2.24, 2.45) is 13.0 Å². The van der Waals surface area contributed by atoms with Crippen LogP contribution in [0.2, 0.25) is 0 Å². The molecule has 1 aliphatic carbocycles. The molecule has 1 aromatic heterocycles. The first-order chi connectivity index (χ1) is 8.06. The van der Waals surface area contributed by atoms with Gasteiger partial charge < -0.3 is 20.7 Å². The SMILES string of the molecule is Cn1cc(N)cc1C(=O)NCC1CCC(O)C1. The number of nitrogens with one attached hydrogen (secondary N) is 1. The Kier molecular flexibility index (Phi) is 3.38. The zero-order valence-electron chi connectivity index (χ0n) is 10.0. The van der Waals surface area contributed by atoms with Crippen LogP contribution in [0.3, 0.4) is 0 Å². The molecule has 94 valence electrons. The molecule has 2 atom stereocenters. The van der Waals surface area contributed by atoms with Crippen molar-refractivity contribution in [3.63, 3.8) is 0 Å². The van der Waals surface area contributed by atoms with Crippen LogP contribution in [0.5, 0.6) is 0 Å². The maximum Gasteiger partial charge on any atom is 0.267 e. The number of nitrogens with zero attached hydrogens (tertiary/aromatic N) is 1. The Morgan fingerprint density at radius 3 is 2.94 bits per heavy atom. The molecule has 0 bridgehead atoms. The van der Waals surface area contributed by atoms with Crippen LogP contribution in [-0.4, -0.2) is 28.2 Å². The summed E-state index contributed by atoms with van der Waals surface area (Å²) < 4.78 is 1.72. The van der Waals surface area contributed by atoms with Crippen molar-refractivity contribution in [1.82, 2.24) is 9.88 Å². The molecule has 0 spiro atoms. The van der Waals surface area contributed by atoms with Crippen molar-refractivity contribution < 1.29 is 9.90 Å². The molecule has 5 heteroatoms. The number of anilines is 1. The summed E-state index contributed by atoms with van der Waals surface area (Å²) in [4.78, 5) is 11.9. The largest absolute Gasteiger partial charge is 0.397 e. The number of rotatable bonds is 3. The molecule has 0 aromatic carbocycles. The second-order valence-electron chi connectivity index (χ2n) is 4.81. The predicted molar refractivity (Wildman–Crippen MR) is 65.5 cm³/mol. The summed E-state index contributed by atoms with van der Waals surface area (Å²) in [5.74, 6) is 0.289. The van der Waals surface area contributed by atoms with E-state index in [0.29, 0.717) is 23.8 Å². The Labute approximate surface area is 101 Å². The Bertz CT molecular complexity index is 414. The van der Waals surface area contributed by atoms with Gasteiger partial charge in [0.2, 0.25) is 0 Å². The predicted octanol–water partition coefficient (Wildman–Crippen LogP) is 0.498. The Morgan fingerprint density at radius 1 is 1.65 bits per heavy atom. The van der Waals surface area contributed by atoms with Gasteiger partial charge in [0.25, 0.3) is 5.91 Å². The number of hydrogen-bond donors (Lipinski definition) is 3. The van der Waals surface area contributed by atoms with Crippen LogP contribution in [0.4, 0.5) is 5.69 Å². The molecule has 0 saturated heterocycles. The van der Waals surface area contributed by atoms with Crippen molar-refractivity contribution >= 4 is 11.6 Å². The summed E-state index contributed by atoms with van der Waals surface area (Å²) in [6.07, 6.45) is 4.14. The van der Waals surface area contributed by atoms with E-state index in [0.717, 1.165) is 19.3 Å². The van der Waals surface area contributed by atoms with Gasteiger partial charge in [-0.15, -0.1) is 0 Å². The van der Waals surface area contributed by atoms with Gasteiger partial charge in [-0.05, 0) is 31.2 Å². The van der Waals surface area contributed by atoms with Gasteiger partial charge in [-0.2, -0.15) is 0 Å². The second-order valence-corrected chi connectivity index (χ2v) is 4.81. The average molecular weight is 237 g/mol. The minimum Gasteiger partial charge on any atom is -0.397 e. The average Bonchev–Trinajstić information content (AvgIpc) is 2.81. The summed E-state index contributed by atoms with van der Waals surface area (Å²) >= 11 is 0. The van der Waals surface area contributed by atoms with Gasteiger partial charge in [0.15, 0.2) is 0 Å². The van der Waals surface area contributed by atoms with Crippen molar-refractivity contribution in [2.75, 3.05) is 12.3 Å².